The average molecular weight is 252 g/mol. The summed E-state index contributed by atoms with van der Waals surface area (Å²) in [4.78, 5) is 11.4. The molecular weight excluding hydrogens is 230 g/mol. The van der Waals surface area contributed by atoms with Gasteiger partial charge in [-0.05, 0) is 24.8 Å². The SMILES string of the molecule is CC(C)C[C@H](CN)CC(=O)NCC(F)(F)CO. The largest absolute Gasteiger partial charge is 0.390 e. The molecule has 17 heavy (non-hydrogen) atoms. The van der Waals surface area contributed by atoms with Crippen molar-refractivity contribution in [3.63, 3.8) is 0 Å². The average Bonchev–Trinajstić information content (AvgIpc) is 2.25. The maximum absolute atomic E-state index is 12.7. The Hall–Kier alpha value is -0.750. The first-order valence-electron chi connectivity index (χ1n) is 5.76. The van der Waals surface area contributed by atoms with E-state index in [1.807, 2.05) is 13.8 Å². The zero-order valence-corrected chi connectivity index (χ0v) is 10.4. The molecule has 4 N–H and O–H groups in total. The minimum Gasteiger partial charge on any atom is -0.390 e. The summed E-state index contributed by atoms with van der Waals surface area (Å²) in [5.41, 5.74) is 5.51. The first-order chi connectivity index (χ1) is 7.80. The van der Waals surface area contributed by atoms with E-state index in [2.05, 4.69) is 5.32 Å². The predicted octanol–water partition coefficient (Wildman–Crippen LogP) is 0.741. The second-order valence-corrected chi connectivity index (χ2v) is 4.73. The summed E-state index contributed by atoms with van der Waals surface area (Å²) < 4.78 is 25.3. The van der Waals surface area contributed by atoms with Crippen molar-refractivity contribution in [2.45, 2.75) is 32.6 Å². The summed E-state index contributed by atoms with van der Waals surface area (Å²) in [6, 6.07) is 0. The molecular formula is C11H22F2N2O2. The molecule has 0 aromatic carbocycles. The zero-order valence-electron chi connectivity index (χ0n) is 10.4. The van der Waals surface area contributed by atoms with Crippen LogP contribution in [0.15, 0.2) is 0 Å². The predicted molar refractivity (Wildman–Crippen MR) is 61.7 cm³/mol. The third kappa shape index (κ3) is 8.04. The highest BCUT2D eigenvalue weighted by Gasteiger charge is 2.28. The quantitative estimate of drug-likeness (QED) is 0.596. The Kier molecular flexibility index (Phi) is 7.22. The molecule has 0 spiro atoms. The van der Waals surface area contributed by atoms with Crippen LogP contribution in [0.3, 0.4) is 0 Å². The van der Waals surface area contributed by atoms with Gasteiger partial charge < -0.3 is 16.2 Å². The fraction of sp³-hybridized carbons (Fsp3) is 0.909. The maximum Gasteiger partial charge on any atom is 0.287 e. The van der Waals surface area contributed by atoms with E-state index in [0.29, 0.717) is 12.5 Å². The van der Waals surface area contributed by atoms with Crippen LogP contribution in [0.1, 0.15) is 26.7 Å². The number of carbonyl (C=O) groups excluding carboxylic acids is 1. The van der Waals surface area contributed by atoms with Crippen LogP contribution in [-0.2, 0) is 4.79 Å². The fourth-order valence-corrected chi connectivity index (χ4v) is 1.55. The number of halogens is 2. The number of nitrogens with one attached hydrogen (secondary N) is 1. The van der Waals surface area contributed by atoms with Crippen molar-refractivity contribution >= 4 is 5.91 Å². The first-order valence-corrected chi connectivity index (χ1v) is 5.76. The highest BCUT2D eigenvalue weighted by atomic mass is 19.3. The van der Waals surface area contributed by atoms with Crippen LogP contribution in [-0.4, -0.2) is 36.6 Å². The van der Waals surface area contributed by atoms with Gasteiger partial charge in [-0.1, -0.05) is 13.8 Å². The minimum atomic E-state index is -3.26. The van der Waals surface area contributed by atoms with Crippen LogP contribution >= 0.6 is 0 Å². The Bertz CT molecular complexity index is 236. The summed E-state index contributed by atoms with van der Waals surface area (Å²) in [5, 5.41) is 10.4. The molecule has 1 amide bonds. The van der Waals surface area contributed by atoms with Gasteiger partial charge in [-0.2, -0.15) is 0 Å². The lowest BCUT2D eigenvalue weighted by Crippen LogP contribution is -2.40. The lowest BCUT2D eigenvalue weighted by Gasteiger charge is -2.18. The summed E-state index contributed by atoms with van der Waals surface area (Å²) >= 11 is 0. The molecule has 0 saturated heterocycles. The number of rotatable bonds is 8. The molecule has 0 heterocycles. The third-order valence-corrected chi connectivity index (χ3v) is 2.39. The van der Waals surface area contributed by atoms with E-state index in [1.54, 1.807) is 0 Å². The molecule has 0 aromatic heterocycles. The van der Waals surface area contributed by atoms with Crippen molar-refractivity contribution in [2.75, 3.05) is 19.7 Å². The van der Waals surface area contributed by atoms with E-state index in [4.69, 9.17) is 10.8 Å². The van der Waals surface area contributed by atoms with Gasteiger partial charge in [0.05, 0.1) is 6.54 Å². The van der Waals surface area contributed by atoms with Gasteiger partial charge in [0.25, 0.3) is 5.92 Å². The Morgan fingerprint density at radius 1 is 1.47 bits per heavy atom. The monoisotopic (exact) mass is 252 g/mol. The van der Waals surface area contributed by atoms with Gasteiger partial charge in [-0.15, -0.1) is 0 Å². The Labute approximate surface area is 101 Å². The van der Waals surface area contributed by atoms with Crippen LogP contribution in [0.25, 0.3) is 0 Å². The summed E-state index contributed by atoms with van der Waals surface area (Å²) in [5.74, 6) is -3.28. The smallest absolute Gasteiger partial charge is 0.287 e. The van der Waals surface area contributed by atoms with Crippen LogP contribution < -0.4 is 11.1 Å². The van der Waals surface area contributed by atoms with Gasteiger partial charge >= 0.3 is 0 Å². The standard InChI is InChI=1S/C11H22F2N2O2/c1-8(2)3-9(5-14)4-10(17)15-6-11(12,13)7-16/h8-9,16H,3-7,14H2,1-2H3,(H,15,17)/t9-/m0/s1. The van der Waals surface area contributed by atoms with Crippen LogP contribution in [0.4, 0.5) is 8.78 Å². The van der Waals surface area contributed by atoms with Crippen molar-refractivity contribution in [2.24, 2.45) is 17.6 Å². The summed E-state index contributed by atoms with van der Waals surface area (Å²) in [7, 11) is 0. The molecule has 0 aliphatic rings. The zero-order chi connectivity index (χ0) is 13.5. The number of carbonyl (C=O) groups is 1. The summed E-state index contributed by atoms with van der Waals surface area (Å²) in [6.07, 6.45) is 0.941. The molecule has 0 aliphatic heterocycles. The van der Waals surface area contributed by atoms with E-state index >= 15 is 0 Å². The van der Waals surface area contributed by atoms with Gasteiger partial charge in [-0.25, -0.2) is 8.78 Å². The Balaban J connectivity index is 3.99. The van der Waals surface area contributed by atoms with Gasteiger partial charge in [0, 0.05) is 6.42 Å². The maximum atomic E-state index is 12.7. The topological polar surface area (TPSA) is 75.4 Å². The van der Waals surface area contributed by atoms with Gasteiger partial charge in [0.15, 0.2) is 0 Å². The molecule has 0 bridgehead atoms. The molecule has 0 unspecified atom stereocenters. The molecule has 4 nitrogen and oxygen atoms in total. The van der Waals surface area contributed by atoms with Crippen molar-refractivity contribution < 1.29 is 18.7 Å². The number of alkyl halides is 2. The molecule has 0 aliphatic carbocycles. The number of aliphatic hydroxyl groups excluding tert-OH is 1. The molecule has 0 radical (unpaired) electrons. The van der Waals surface area contributed by atoms with Gasteiger partial charge in [0.1, 0.15) is 6.61 Å². The highest BCUT2D eigenvalue weighted by Crippen LogP contribution is 2.15. The van der Waals surface area contributed by atoms with Crippen molar-refractivity contribution in [3.8, 4) is 0 Å². The third-order valence-electron chi connectivity index (χ3n) is 2.39. The van der Waals surface area contributed by atoms with E-state index < -0.39 is 25.0 Å². The van der Waals surface area contributed by atoms with Gasteiger partial charge in [0.2, 0.25) is 5.91 Å². The fourth-order valence-electron chi connectivity index (χ4n) is 1.55. The molecule has 0 saturated carbocycles. The molecule has 0 rings (SSSR count). The van der Waals surface area contributed by atoms with E-state index in [9.17, 15) is 13.6 Å². The lowest BCUT2D eigenvalue weighted by atomic mass is 9.94. The van der Waals surface area contributed by atoms with E-state index in [-0.39, 0.29) is 12.3 Å². The van der Waals surface area contributed by atoms with Crippen LogP contribution in [0, 0.1) is 11.8 Å². The number of hydrogen-bond donors (Lipinski definition) is 3. The van der Waals surface area contributed by atoms with Crippen molar-refractivity contribution in [3.05, 3.63) is 0 Å². The van der Waals surface area contributed by atoms with Crippen molar-refractivity contribution in [1.82, 2.24) is 5.32 Å². The van der Waals surface area contributed by atoms with Gasteiger partial charge in [-0.3, -0.25) is 4.79 Å². The number of amides is 1. The van der Waals surface area contributed by atoms with Crippen LogP contribution in [0.2, 0.25) is 0 Å². The Morgan fingerprint density at radius 3 is 2.47 bits per heavy atom. The van der Waals surface area contributed by atoms with Crippen LogP contribution in [0.5, 0.6) is 0 Å². The molecule has 0 fully saturated rings. The Morgan fingerprint density at radius 2 is 2.06 bits per heavy atom. The van der Waals surface area contributed by atoms with E-state index in [1.165, 1.54) is 0 Å². The first kappa shape index (κ1) is 16.2. The molecule has 0 aromatic rings. The number of nitrogens with two attached hydrogens (primary N) is 1. The minimum absolute atomic E-state index is 0.0118. The molecule has 1 atom stereocenters. The number of hydrogen-bond acceptors (Lipinski definition) is 3. The van der Waals surface area contributed by atoms with Crippen molar-refractivity contribution in [1.29, 1.82) is 0 Å². The van der Waals surface area contributed by atoms with E-state index in [0.717, 1.165) is 6.42 Å². The molecule has 6 heteroatoms. The lowest BCUT2D eigenvalue weighted by molar-refractivity contribution is -0.125. The molecule has 102 valence electrons. The second kappa shape index (κ2) is 7.55. The summed E-state index contributed by atoms with van der Waals surface area (Å²) in [6.45, 7) is 2.30. The second-order valence-electron chi connectivity index (χ2n) is 4.73. The highest BCUT2D eigenvalue weighted by molar-refractivity contribution is 5.76. The normalized spacial score (nSPS) is 13.8. The number of aliphatic hydroxyl groups is 1.